The number of fused-ring (bicyclic) bond motifs is 2. The first kappa shape index (κ1) is 15.9. The van der Waals surface area contributed by atoms with Crippen molar-refractivity contribution in [1.29, 1.82) is 0 Å². The van der Waals surface area contributed by atoms with E-state index in [1.165, 1.54) is 6.07 Å². The van der Waals surface area contributed by atoms with E-state index >= 15 is 0 Å². The highest BCUT2D eigenvalue weighted by molar-refractivity contribution is 7.89. The molecule has 0 aromatic heterocycles. The average molecular weight is 351 g/mol. The topological polar surface area (TPSA) is 87.7 Å². The predicted molar refractivity (Wildman–Crippen MR) is 87.9 cm³/mol. The van der Waals surface area contributed by atoms with Crippen molar-refractivity contribution in [2.75, 3.05) is 11.9 Å². The third-order valence-corrected chi connectivity index (χ3v) is 6.36. The van der Waals surface area contributed by atoms with Gasteiger partial charge in [-0.3, -0.25) is 4.79 Å². The molecular formula is C16H21N3O4S. The van der Waals surface area contributed by atoms with Gasteiger partial charge >= 0.3 is 0 Å². The molecular weight excluding hydrogens is 330 g/mol. The molecule has 1 atom stereocenters. The Balaban J connectivity index is 1.53. The molecule has 5 rings (SSSR count). The van der Waals surface area contributed by atoms with E-state index in [2.05, 4.69) is 10.0 Å². The van der Waals surface area contributed by atoms with Gasteiger partial charge in [0.15, 0.2) is 6.17 Å². The number of sulfonamides is 1. The van der Waals surface area contributed by atoms with Gasteiger partial charge in [0.25, 0.3) is 5.91 Å². The zero-order valence-electron chi connectivity index (χ0n) is 13.7. The molecule has 2 bridgehead atoms. The molecule has 7 nitrogen and oxygen atoms in total. The third kappa shape index (κ3) is 2.40. The lowest BCUT2D eigenvalue weighted by molar-refractivity contribution is -0.132. The normalized spacial score (nSPS) is 32.9. The van der Waals surface area contributed by atoms with Gasteiger partial charge in [-0.15, -0.1) is 0 Å². The van der Waals surface area contributed by atoms with E-state index in [4.69, 9.17) is 4.74 Å². The second-order valence-corrected chi connectivity index (χ2v) is 8.76. The van der Waals surface area contributed by atoms with Gasteiger partial charge in [0.2, 0.25) is 10.0 Å². The molecule has 3 heterocycles. The molecule has 1 unspecified atom stereocenters. The summed E-state index contributed by atoms with van der Waals surface area (Å²) in [5.74, 6) is -0.246. The maximum absolute atomic E-state index is 12.8. The van der Waals surface area contributed by atoms with Crippen LogP contribution < -0.4 is 10.0 Å². The minimum Gasteiger partial charge on any atom is -0.370 e. The van der Waals surface area contributed by atoms with Gasteiger partial charge < -0.3 is 15.0 Å². The molecule has 1 aliphatic carbocycles. The molecule has 4 aliphatic rings. The van der Waals surface area contributed by atoms with Crippen molar-refractivity contribution in [3.05, 3.63) is 24.3 Å². The van der Waals surface area contributed by atoms with Crippen LogP contribution in [0.5, 0.6) is 0 Å². The van der Waals surface area contributed by atoms with Crippen molar-refractivity contribution < 1.29 is 17.9 Å². The van der Waals surface area contributed by atoms with E-state index in [0.717, 1.165) is 12.8 Å². The maximum atomic E-state index is 12.8. The number of amides is 1. The Labute approximate surface area is 141 Å². The van der Waals surface area contributed by atoms with Gasteiger partial charge in [0, 0.05) is 6.04 Å². The van der Waals surface area contributed by atoms with Crippen LogP contribution in [0.15, 0.2) is 29.2 Å². The second kappa shape index (κ2) is 5.18. The molecule has 3 fully saturated rings. The summed E-state index contributed by atoms with van der Waals surface area (Å²) >= 11 is 0. The number of nitrogens with zero attached hydrogens (tertiary/aromatic N) is 1. The number of benzene rings is 1. The summed E-state index contributed by atoms with van der Waals surface area (Å²) in [4.78, 5) is 14.8. The Bertz CT molecular complexity index is 786. The summed E-state index contributed by atoms with van der Waals surface area (Å²) in [7, 11) is -3.70. The Hall–Kier alpha value is -1.64. The predicted octanol–water partition coefficient (Wildman–Crippen LogP) is 0.885. The van der Waals surface area contributed by atoms with Crippen LogP contribution in [0.3, 0.4) is 0 Å². The smallest absolute Gasteiger partial charge is 0.261 e. The Kier molecular flexibility index (Phi) is 3.42. The highest BCUT2D eigenvalue weighted by Gasteiger charge is 2.59. The lowest BCUT2D eigenvalue weighted by atomic mass is 9.81. The lowest BCUT2D eigenvalue weighted by Gasteiger charge is -2.38. The first-order valence-electron chi connectivity index (χ1n) is 8.16. The quantitative estimate of drug-likeness (QED) is 0.844. The van der Waals surface area contributed by atoms with E-state index < -0.39 is 16.2 Å². The highest BCUT2D eigenvalue weighted by Crippen LogP contribution is 2.48. The van der Waals surface area contributed by atoms with E-state index in [9.17, 15) is 13.2 Å². The summed E-state index contributed by atoms with van der Waals surface area (Å²) < 4.78 is 33.1. The summed E-state index contributed by atoms with van der Waals surface area (Å²) in [6, 6.07) is 6.72. The number of anilines is 1. The zero-order chi connectivity index (χ0) is 17.1. The number of carbonyl (C=O) groups excluding carboxylic acids is 1. The minimum absolute atomic E-state index is 0.110. The monoisotopic (exact) mass is 351 g/mol. The van der Waals surface area contributed by atoms with Crippen LogP contribution in [0.25, 0.3) is 0 Å². The average Bonchev–Trinajstić information content (AvgIpc) is 3.00. The van der Waals surface area contributed by atoms with Crippen molar-refractivity contribution in [3.63, 3.8) is 0 Å². The fraction of sp³-hybridized carbons (Fsp3) is 0.562. The van der Waals surface area contributed by atoms with E-state index in [0.29, 0.717) is 12.2 Å². The molecule has 1 amide bonds. The number of hydrogen-bond acceptors (Lipinski definition) is 5. The van der Waals surface area contributed by atoms with Crippen LogP contribution in [0.2, 0.25) is 0 Å². The van der Waals surface area contributed by atoms with Crippen LogP contribution in [0.4, 0.5) is 5.69 Å². The van der Waals surface area contributed by atoms with Crippen molar-refractivity contribution in [1.82, 2.24) is 9.62 Å². The van der Waals surface area contributed by atoms with Gasteiger partial charge in [-0.25, -0.2) is 8.42 Å². The van der Waals surface area contributed by atoms with Crippen LogP contribution in [0.1, 0.15) is 26.7 Å². The first-order chi connectivity index (χ1) is 11.3. The summed E-state index contributed by atoms with van der Waals surface area (Å²) in [6.07, 6.45) is 0.791. The molecule has 1 aromatic carbocycles. The summed E-state index contributed by atoms with van der Waals surface area (Å²) in [6.45, 7) is 4.50. The fourth-order valence-electron chi connectivity index (χ4n) is 3.98. The molecule has 2 saturated heterocycles. The molecule has 24 heavy (non-hydrogen) atoms. The maximum Gasteiger partial charge on any atom is 0.261 e. The first-order valence-corrected chi connectivity index (χ1v) is 9.64. The van der Waals surface area contributed by atoms with Gasteiger partial charge in [-0.1, -0.05) is 12.1 Å². The van der Waals surface area contributed by atoms with E-state index in [1.807, 2.05) is 13.8 Å². The molecule has 2 N–H and O–H groups in total. The molecule has 0 spiro atoms. The number of carbonyl (C=O) groups is 1. The molecule has 1 aromatic rings. The van der Waals surface area contributed by atoms with Crippen molar-refractivity contribution in [2.24, 2.45) is 0 Å². The standard InChI is InChI=1S/C16H21N3O4S/c1-10(2)23-16-7-11(8-16)19(9-16)15(20)14-17-12-5-3-4-6-13(12)24(21,22)18-14/h3-6,10-11,14,17-18H,7-9H2,1-2H3. The second-order valence-electron chi connectivity index (χ2n) is 7.07. The highest BCUT2D eigenvalue weighted by atomic mass is 32.2. The van der Waals surface area contributed by atoms with Crippen LogP contribution >= 0.6 is 0 Å². The SMILES string of the molecule is CC(C)OC12CC(C1)N(C(=O)C1Nc3ccccc3S(=O)(=O)N1)C2. The summed E-state index contributed by atoms with van der Waals surface area (Å²) in [5, 5.41) is 3.00. The number of rotatable bonds is 3. The molecule has 130 valence electrons. The fourth-order valence-corrected chi connectivity index (χ4v) is 5.25. The lowest BCUT2D eigenvalue weighted by Crippen LogP contribution is -2.55. The Morgan fingerprint density at radius 3 is 2.75 bits per heavy atom. The van der Waals surface area contributed by atoms with E-state index in [1.54, 1.807) is 23.1 Å². The number of ether oxygens (including phenoxy) is 1. The zero-order valence-corrected chi connectivity index (χ0v) is 14.5. The van der Waals surface area contributed by atoms with Gasteiger partial charge in [-0.2, -0.15) is 4.72 Å². The number of hydrogen-bond donors (Lipinski definition) is 2. The Morgan fingerprint density at radius 1 is 1.33 bits per heavy atom. The molecule has 8 heteroatoms. The van der Waals surface area contributed by atoms with E-state index in [-0.39, 0.29) is 28.5 Å². The third-order valence-electron chi connectivity index (χ3n) is 4.88. The summed E-state index contributed by atoms with van der Waals surface area (Å²) in [5.41, 5.74) is 0.203. The van der Waals surface area contributed by atoms with Gasteiger partial charge in [0.1, 0.15) is 4.90 Å². The van der Waals surface area contributed by atoms with Crippen molar-refractivity contribution >= 4 is 21.6 Å². The Morgan fingerprint density at radius 2 is 2.04 bits per heavy atom. The van der Waals surface area contributed by atoms with Crippen molar-refractivity contribution in [3.8, 4) is 0 Å². The number of nitrogens with one attached hydrogen (secondary N) is 2. The van der Waals surface area contributed by atoms with Gasteiger partial charge in [-0.05, 0) is 38.8 Å². The largest absolute Gasteiger partial charge is 0.370 e. The number of para-hydroxylation sites is 1. The molecule has 0 radical (unpaired) electrons. The minimum atomic E-state index is -3.70. The van der Waals surface area contributed by atoms with Crippen LogP contribution in [-0.2, 0) is 19.6 Å². The molecule has 3 aliphatic heterocycles. The van der Waals surface area contributed by atoms with Crippen LogP contribution in [0, 0.1) is 0 Å². The van der Waals surface area contributed by atoms with Gasteiger partial charge in [0.05, 0.1) is 23.9 Å². The van der Waals surface area contributed by atoms with Crippen molar-refractivity contribution in [2.45, 2.75) is 55.5 Å². The van der Waals surface area contributed by atoms with Crippen LogP contribution in [-0.4, -0.2) is 49.7 Å². The molecule has 1 saturated carbocycles.